The van der Waals surface area contributed by atoms with Gasteiger partial charge in [-0.3, -0.25) is 0 Å². The van der Waals surface area contributed by atoms with Gasteiger partial charge < -0.3 is 9.64 Å². The molecule has 2 rings (SSSR count). The molecule has 4 nitrogen and oxygen atoms in total. The molecule has 0 N–H and O–H groups in total. The van der Waals surface area contributed by atoms with Crippen molar-refractivity contribution in [2.24, 2.45) is 0 Å². The van der Waals surface area contributed by atoms with E-state index in [1.165, 1.54) is 9.62 Å². The summed E-state index contributed by atoms with van der Waals surface area (Å²) in [7, 11) is -1.02. The lowest BCUT2D eigenvalue weighted by Crippen LogP contribution is -2.24. The molecule has 0 fully saturated rings. The molecule has 0 unspecified atom stereocenters. The van der Waals surface area contributed by atoms with Gasteiger partial charge in [0.1, 0.15) is 12.5 Å². The van der Waals surface area contributed by atoms with E-state index < -0.39 is 8.07 Å². The van der Waals surface area contributed by atoms with Gasteiger partial charge in [-0.25, -0.2) is 4.68 Å². The Hall–Kier alpha value is -0.603. The van der Waals surface area contributed by atoms with Gasteiger partial charge in [-0.15, -0.1) is 0 Å². The number of rotatable bonds is 6. The predicted molar refractivity (Wildman–Crippen MR) is 94.9 cm³/mol. The van der Waals surface area contributed by atoms with Crippen LogP contribution in [0.15, 0.2) is 34.2 Å². The molecule has 0 spiro atoms. The van der Waals surface area contributed by atoms with Gasteiger partial charge in [-0.1, -0.05) is 25.7 Å². The highest BCUT2D eigenvalue weighted by Gasteiger charge is 2.14. The molecule has 0 aliphatic carbocycles. The lowest BCUT2D eigenvalue weighted by atomic mass is 10.3. The van der Waals surface area contributed by atoms with Crippen molar-refractivity contribution in [3.05, 3.63) is 34.2 Å². The molecule has 6 heteroatoms. The van der Waals surface area contributed by atoms with Crippen molar-refractivity contribution in [1.82, 2.24) is 9.78 Å². The molecule has 110 valence electrons. The highest BCUT2D eigenvalue weighted by atomic mass is 127. The minimum atomic E-state index is -1.02. The molecule has 1 aromatic rings. The zero-order valence-electron chi connectivity index (χ0n) is 12.3. The third-order valence-corrected chi connectivity index (χ3v) is 5.60. The molecule has 2 heterocycles. The molecule has 1 aliphatic heterocycles. The Bertz CT molecular complexity index is 505. The topological polar surface area (TPSA) is 30.3 Å². The van der Waals surface area contributed by atoms with E-state index in [-0.39, 0.29) is 0 Å². The van der Waals surface area contributed by atoms with Crippen LogP contribution in [0.4, 0.5) is 5.82 Å². The van der Waals surface area contributed by atoms with Gasteiger partial charge >= 0.3 is 0 Å². The summed E-state index contributed by atoms with van der Waals surface area (Å²) in [5.74, 6) is 1.08. The van der Waals surface area contributed by atoms with Gasteiger partial charge in [0.25, 0.3) is 0 Å². The fourth-order valence-electron chi connectivity index (χ4n) is 1.84. The SMILES string of the molecule is C[Si](C)(C)CCOCn1nccc1N1C=CC(I)=CC1. The maximum atomic E-state index is 5.77. The highest BCUT2D eigenvalue weighted by Crippen LogP contribution is 2.20. The average Bonchev–Trinajstić information content (AvgIpc) is 2.83. The van der Waals surface area contributed by atoms with Gasteiger partial charge in [-0.05, 0) is 34.7 Å². The van der Waals surface area contributed by atoms with E-state index >= 15 is 0 Å². The van der Waals surface area contributed by atoms with Crippen LogP contribution in [-0.2, 0) is 11.5 Å². The number of ether oxygens (including phenoxy) is 1. The molecule has 20 heavy (non-hydrogen) atoms. The van der Waals surface area contributed by atoms with Gasteiger partial charge in [-0.2, -0.15) is 5.10 Å². The molecular weight excluding hydrogens is 381 g/mol. The number of hydrogen-bond acceptors (Lipinski definition) is 3. The highest BCUT2D eigenvalue weighted by molar-refractivity contribution is 14.1. The Kier molecular flexibility index (Phi) is 5.45. The van der Waals surface area contributed by atoms with Crippen molar-refractivity contribution in [1.29, 1.82) is 0 Å². The van der Waals surface area contributed by atoms with Crippen LogP contribution < -0.4 is 4.90 Å². The first kappa shape index (κ1) is 15.8. The van der Waals surface area contributed by atoms with Crippen LogP contribution in [0.3, 0.4) is 0 Å². The number of allylic oxidation sites excluding steroid dienone is 2. The summed E-state index contributed by atoms with van der Waals surface area (Å²) in [4.78, 5) is 2.18. The largest absolute Gasteiger partial charge is 0.359 e. The quantitative estimate of drug-likeness (QED) is 0.411. The summed E-state index contributed by atoms with van der Waals surface area (Å²) in [5.41, 5.74) is 0. The molecule has 0 radical (unpaired) electrons. The number of halogens is 1. The Morgan fingerprint density at radius 1 is 1.40 bits per heavy atom. The van der Waals surface area contributed by atoms with Crippen LogP contribution in [0.1, 0.15) is 0 Å². The maximum absolute atomic E-state index is 5.77. The predicted octanol–water partition coefficient (Wildman–Crippen LogP) is 3.85. The zero-order chi connectivity index (χ0) is 14.6. The summed E-state index contributed by atoms with van der Waals surface area (Å²) < 4.78 is 8.97. The van der Waals surface area contributed by atoms with E-state index in [1.807, 2.05) is 16.9 Å². The Morgan fingerprint density at radius 2 is 2.20 bits per heavy atom. The minimum Gasteiger partial charge on any atom is -0.359 e. The third-order valence-electron chi connectivity index (χ3n) is 3.10. The smallest absolute Gasteiger partial charge is 0.141 e. The van der Waals surface area contributed by atoms with Crippen molar-refractivity contribution in [3.63, 3.8) is 0 Å². The number of hydrogen-bond donors (Lipinski definition) is 0. The van der Waals surface area contributed by atoms with E-state index in [9.17, 15) is 0 Å². The van der Waals surface area contributed by atoms with Crippen LogP contribution >= 0.6 is 22.6 Å². The second kappa shape index (κ2) is 6.90. The second-order valence-corrected chi connectivity index (χ2v) is 13.0. The minimum absolute atomic E-state index is 0.526. The van der Waals surface area contributed by atoms with Gasteiger partial charge in [0.15, 0.2) is 0 Å². The molecule has 0 amide bonds. The van der Waals surface area contributed by atoms with Crippen molar-refractivity contribution in [3.8, 4) is 0 Å². The monoisotopic (exact) mass is 403 g/mol. The molecule has 0 atom stereocenters. The van der Waals surface area contributed by atoms with E-state index in [0.717, 1.165) is 19.0 Å². The Labute approximate surface area is 135 Å². The normalized spacial score (nSPS) is 15.6. The van der Waals surface area contributed by atoms with E-state index in [2.05, 4.69) is 70.6 Å². The first-order valence-corrected chi connectivity index (χ1v) is 11.6. The Balaban J connectivity index is 1.88. The van der Waals surface area contributed by atoms with Gasteiger partial charge in [0.2, 0.25) is 0 Å². The van der Waals surface area contributed by atoms with Crippen LogP contribution in [0.2, 0.25) is 25.7 Å². The molecule has 0 saturated carbocycles. The molecule has 0 bridgehead atoms. The van der Waals surface area contributed by atoms with Crippen LogP contribution in [-0.4, -0.2) is 31.0 Å². The lowest BCUT2D eigenvalue weighted by molar-refractivity contribution is 0.0796. The van der Waals surface area contributed by atoms with Crippen molar-refractivity contribution >= 4 is 36.5 Å². The summed E-state index contributed by atoms with van der Waals surface area (Å²) in [6.07, 6.45) is 8.23. The van der Waals surface area contributed by atoms with Crippen molar-refractivity contribution in [2.45, 2.75) is 32.4 Å². The number of nitrogens with zero attached hydrogens (tertiary/aromatic N) is 3. The fraction of sp³-hybridized carbons (Fsp3) is 0.500. The first-order valence-electron chi connectivity index (χ1n) is 6.86. The van der Waals surface area contributed by atoms with E-state index in [4.69, 9.17) is 4.74 Å². The molecule has 1 aliphatic rings. The molecule has 1 aromatic heterocycles. The molecule has 0 aromatic carbocycles. The van der Waals surface area contributed by atoms with Crippen molar-refractivity contribution < 1.29 is 4.74 Å². The van der Waals surface area contributed by atoms with Gasteiger partial charge in [0, 0.05) is 37.1 Å². The summed E-state index contributed by atoms with van der Waals surface area (Å²) in [6, 6.07) is 3.21. The fourth-order valence-corrected chi connectivity index (χ4v) is 2.96. The lowest BCUT2D eigenvalue weighted by Gasteiger charge is -2.22. The summed E-state index contributed by atoms with van der Waals surface area (Å²) >= 11 is 2.33. The average molecular weight is 403 g/mol. The number of anilines is 1. The van der Waals surface area contributed by atoms with Crippen LogP contribution in [0, 0.1) is 0 Å². The molecular formula is C14H22IN3OSi. The van der Waals surface area contributed by atoms with Crippen LogP contribution in [0.25, 0.3) is 0 Å². The maximum Gasteiger partial charge on any atom is 0.141 e. The Morgan fingerprint density at radius 3 is 2.85 bits per heavy atom. The standard InChI is InChI=1S/C14H22IN3OSi/c1-20(2,3)11-10-19-12-18-14(4-7-16-18)17-8-5-13(15)6-9-17/h4-8H,9-12H2,1-3H3. The second-order valence-electron chi connectivity index (χ2n) is 6.09. The van der Waals surface area contributed by atoms with E-state index in [1.54, 1.807) is 0 Å². The number of aromatic nitrogens is 2. The summed E-state index contributed by atoms with van der Waals surface area (Å²) in [5, 5.41) is 4.35. The van der Waals surface area contributed by atoms with Gasteiger partial charge in [0.05, 0.1) is 6.20 Å². The van der Waals surface area contributed by atoms with E-state index in [0.29, 0.717) is 6.73 Å². The zero-order valence-corrected chi connectivity index (χ0v) is 15.5. The van der Waals surface area contributed by atoms with Crippen molar-refractivity contribution in [2.75, 3.05) is 18.1 Å². The summed E-state index contributed by atoms with van der Waals surface area (Å²) in [6.45, 7) is 9.32. The first-order chi connectivity index (χ1) is 9.46. The molecule has 0 saturated heterocycles. The third kappa shape index (κ3) is 4.74. The van der Waals surface area contributed by atoms with Crippen LogP contribution in [0.5, 0.6) is 0 Å².